The highest BCUT2D eigenvalue weighted by molar-refractivity contribution is 7.51. The number of anilines is 2. The molecular weight excluding hydrogens is 391 g/mol. The summed E-state index contributed by atoms with van der Waals surface area (Å²) in [6.07, 6.45) is 0. The number of urea groups is 1. The van der Waals surface area contributed by atoms with E-state index in [-0.39, 0.29) is 6.03 Å². The molecule has 0 bridgehead atoms. The molecule has 0 radical (unpaired) electrons. The van der Waals surface area contributed by atoms with Crippen molar-refractivity contribution in [1.29, 1.82) is 0 Å². The maximum Gasteiger partial charge on any atom is 0.494 e. The number of aryl methyl sites for hydroxylation is 1. The number of carbonyl (C=O) groups is 1. The summed E-state index contributed by atoms with van der Waals surface area (Å²) < 4.78 is 28.7. The third kappa shape index (κ3) is 5.99. The largest absolute Gasteiger partial charge is 0.494 e. The summed E-state index contributed by atoms with van der Waals surface area (Å²) in [6, 6.07) is 14.9. The summed E-state index contributed by atoms with van der Waals surface area (Å²) in [5.41, 5.74) is 2.60. The van der Waals surface area contributed by atoms with Crippen LogP contribution in [0.5, 0.6) is 0 Å². The summed E-state index contributed by atoms with van der Waals surface area (Å²) in [4.78, 5) is 12.2. The Morgan fingerprint density at radius 3 is 1.90 bits per heavy atom. The lowest BCUT2D eigenvalue weighted by atomic mass is 9.79. The second-order valence-corrected chi connectivity index (χ2v) is 7.87. The highest BCUT2D eigenvalue weighted by atomic mass is 32.1. The topological polar surface area (TPSA) is 93.7 Å². The van der Waals surface area contributed by atoms with Crippen LogP contribution < -0.4 is 16.1 Å². The number of benzene rings is 2. The van der Waals surface area contributed by atoms with Crippen LogP contribution in [0.25, 0.3) is 0 Å². The highest BCUT2D eigenvalue weighted by Gasteiger charge is 2.51. The van der Waals surface area contributed by atoms with E-state index in [1.165, 1.54) is 0 Å². The minimum atomic E-state index is -0.750. The van der Waals surface area contributed by atoms with Crippen LogP contribution in [0.4, 0.5) is 16.2 Å². The number of rotatable bonds is 3. The average molecular weight is 416 g/mol. The van der Waals surface area contributed by atoms with Crippen molar-refractivity contribution >= 4 is 41.6 Å². The predicted molar refractivity (Wildman–Crippen MR) is 115 cm³/mol. The fraction of sp³-hybridized carbons (Fsp3) is 0.350. The molecule has 1 aliphatic rings. The van der Waals surface area contributed by atoms with E-state index in [0.29, 0.717) is 5.69 Å². The van der Waals surface area contributed by atoms with Crippen LogP contribution in [-0.4, -0.2) is 32.8 Å². The molecule has 0 aliphatic carbocycles. The lowest BCUT2D eigenvalue weighted by molar-refractivity contribution is 0.00578. The third-order valence-electron chi connectivity index (χ3n) is 4.95. The molecule has 9 heteroatoms. The van der Waals surface area contributed by atoms with Gasteiger partial charge in [-0.1, -0.05) is 24.3 Å². The third-order valence-corrected chi connectivity index (χ3v) is 4.95. The van der Waals surface area contributed by atoms with E-state index >= 15 is 0 Å². The lowest BCUT2D eigenvalue weighted by Crippen LogP contribution is -2.41. The van der Waals surface area contributed by atoms with E-state index in [1.807, 2.05) is 83.1 Å². The SMILES string of the molecule is Cc1cccc(NC(=O)Nc2cccc(B3OC(C)(C)C(C)(C)O3)c2)c1.O=S=O. The Kier molecular flexibility index (Phi) is 7.34. The molecule has 2 aromatic rings. The fourth-order valence-electron chi connectivity index (χ4n) is 2.76. The first-order valence-electron chi connectivity index (χ1n) is 9.10. The summed E-state index contributed by atoms with van der Waals surface area (Å²) in [6.45, 7) is 10.1. The first-order chi connectivity index (χ1) is 13.6. The van der Waals surface area contributed by atoms with Crippen molar-refractivity contribution in [2.75, 3.05) is 10.6 Å². The van der Waals surface area contributed by atoms with Gasteiger partial charge in [-0.25, -0.2) is 4.79 Å². The van der Waals surface area contributed by atoms with Gasteiger partial charge in [0, 0.05) is 11.4 Å². The van der Waals surface area contributed by atoms with Crippen molar-refractivity contribution < 1.29 is 22.5 Å². The average Bonchev–Trinajstić information content (AvgIpc) is 2.83. The Labute approximate surface area is 174 Å². The smallest absolute Gasteiger partial charge is 0.399 e. The minimum Gasteiger partial charge on any atom is -0.399 e. The zero-order valence-electron chi connectivity index (χ0n) is 17.1. The van der Waals surface area contributed by atoms with Crippen LogP contribution in [0.2, 0.25) is 0 Å². The molecule has 2 amide bonds. The molecule has 0 atom stereocenters. The normalized spacial score (nSPS) is 16.4. The molecule has 2 aromatic carbocycles. The summed E-state index contributed by atoms with van der Waals surface area (Å²) in [5.74, 6) is 0. The number of carbonyl (C=O) groups excluding carboxylic acids is 1. The summed E-state index contributed by atoms with van der Waals surface area (Å²) in [7, 11) is -0.457. The first-order valence-corrected chi connectivity index (χ1v) is 9.77. The molecule has 1 heterocycles. The predicted octanol–water partition coefficient (Wildman–Crippen LogP) is 3.27. The minimum absolute atomic E-state index is 0.290. The molecule has 0 spiro atoms. The van der Waals surface area contributed by atoms with Gasteiger partial charge in [0.25, 0.3) is 0 Å². The Morgan fingerprint density at radius 1 is 0.897 bits per heavy atom. The quantitative estimate of drug-likeness (QED) is 0.750. The monoisotopic (exact) mass is 416 g/mol. The second kappa shape index (κ2) is 9.34. The maximum atomic E-state index is 12.2. The molecule has 0 unspecified atom stereocenters. The van der Waals surface area contributed by atoms with Crippen molar-refractivity contribution in [2.24, 2.45) is 0 Å². The van der Waals surface area contributed by atoms with Crippen LogP contribution in [0.15, 0.2) is 48.5 Å². The maximum absolute atomic E-state index is 12.2. The van der Waals surface area contributed by atoms with E-state index in [9.17, 15) is 4.79 Å². The van der Waals surface area contributed by atoms with Crippen molar-refractivity contribution in [3.8, 4) is 0 Å². The molecule has 1 fully saturated rings. The fourth-order valence-corrected chi connectivity index (χ4v) is 2.76. The van der Waals surface area contributed by atoms with Crippen LogP contribution in [0.1, 0.15) is 33.3 Å². The Bertz CT molecular complexity index is 897. The summed E-state index contributed by atoms with van der Waals surface area (Å²) >= 11 is -0.750. The van der Waals surface area contributed by atoms with Gasteiger partial charge in [-0.2, -0.15) is 8.42 Å². The molecule has 3 rings (SSSR count). The van der Waals surface area contributed by atoms with Crippen molar-refractivity contribution in [3.05, 3.63) is 54.1 Å². The standard InChI is InChI=1S/C20H25BN2O3.O2S/c1-14-8-6-10-16(12-14)22-18(24)23-17-11-7-9-15(13-17)21-25-19(2,3)20(4,5)26-21;1-3-2/h6-13H,1-5H3,(H2,22,23,24);. The number of nitrogens with one attached hydrogen (secondary N) is 2. The van der Waals surface area contributed by atoms with Gasteiger partial charge in [-0.3, -0.25) is 0 Å². The lowest BCUT2D eigenvalue weighted by Gasteiger charge is -2.32. The number of hydrogen-bond donors (Lipinski definition) is 2. The van der Waals surface area contributed by atoms with Gasteiger partial charge in [0.05, 0.1) is 11.2 Å². The van der Waals surface area contributed by atoms with Crippen LogP contribution in [0.3, 0.4) is 0 Å². The van der Waals surface area contributed by atoms with Crippen molar-refractivity contribution in [2.45, 2.75) is 45.8 Å². The van der Waals surface area contributed by atoms with Crippen LogP contribution in [-0.2, 0) is 20.9 Å². The zero-order chi connectivity index (χ0) is 21.7. The first kappa shape index (κ1) is 22.8. The number of hydrogen-bond acceptors (Lipinski definition) is 5. The second-order valence-electron chi connectivity index (χ2n) is 7.73. The molecule has 2 N–H and O–H groups in total. The van der Waals surface area contributed by atoms with Crippen molar-refractivity contribution in [1.82, 2.24) is 0 Å². The van der Waals surface area contributed by atoms with E-state index in [2.05, 4.69) is 10.6 Å². The van der Waals surface area contributed by atoms with Gasteiger partial charge in [0.2, 0.25) is 0 Å². The van der Waals surface area contributed by atoms with E-state index in [0.717, 1.165) is 16.7 Å². The molecule has 29 heavy (non-hydrogen) atoms. The molecular formula is C20H25BN2O5S. The molecule has 7 nitrogen and oxygen atoms in total. The Balaban J connectivity index is 0.000000941. The van der Waals surface area contributed by atoms with Gasteiger partial charge in [0.15, 0.2) is 0 Å². The molecule has 0 saturated carbocycles. The van der Waals surface area contributed by atoms with E-state index < -0.39 is 29.9 Å². The molecule has 154 valence electrons. The molecule has 1 aliphatic heterocycles. The number of amides is 2. The van der Waals surface area contributed by atoms with Gasteiger partial charge < -0.3 is 19.9 Å². The van der Waals surface area contributed by atoms with Gasteiger partial charge >= 0.3 is 24.7 Å². The van der Waals surface area contributed by atoms with Gasteiger partial charge in [-0.05, 0) is 69.9 Å². The van der Waals surface area contributed by atoms with E-state index in [1.54, 1.807) is 0 Å². The zero-order valence-corrected chi connectivity index (χ0v) is 18.0. The molecule has 1 saturated heterocycles. The van der Waals surface area contributed by atoms with Gasteiger partial charge in [0.1, 0.15) is 0 Å². The van der Waals surface area contributed by atoms with Gasteiger partial charge in [-0.15, -0.1) is 0 Å². The van der Waals surface area contributed by atoms with Crippen LogP contribution in [0, 0.1) is 6.92 Å². The van der Waals surface area contributed by atoms with Crippen LogP contribution >= 0.6 is 0 Å². The Morgan fingerprint density at radius 2 is 1.38 bits per heavy atom. The summed E-state index contributed by atoms with van der Waals surface area (Å²) in [5, 5.41) is 5.69. The highest BCUT2D eigenvalue weighted by Crippen LogP contribution is 2.36. The van der Waals surface area contributed by atoms with Crippen molar-refractivity contribution in [3.63, 3.8) is 0 Å². The Hall–Kier alpha value is -2.49. The molecule has 0 aromatic heterocycles. The van der Waals surface area contributed by atoms with E-state index in [4.69, 9.17) is 17.7 Å².